The van der Waals surface area contributed by atoms with Gasteiger partial charge in [0.05, 0.1) is 18.6 Å². The zero-order valence-electron chi connectivity index (χ0n) is 10.4. The summed E-state index contributed by atoms with van der Waals surface area (Å²) in [6.45, 7) is 5.76. The molecule has 3 heteroatoms. The van der Waals surface area contributed by atoms with Crippen LogP contribution in [0.15, 0.2) is 18.2 Å². The van der Waals surface area contributed by atoms with Gasteiger partial charge in [0.25, 0.3) is 0 Å². The topological polar surface area (TPSA) is 18.5 Å². The Morgan fingerprint density at radius 2 is 1.94 bits per heavy atom. The van der Waals surface area contributed by atoms with Gasteiger partial charge in [0.1, 0.15) is 0 Å². The Labute approximate surface area is 108 Å². The maximum Gasteiger partial charge on any atom is 0.161 e. The molecule has 0 saturated carbocycles. The Balaban J connectivity index is 2.23. The van der Waals surface area contributed by atoms with E-state index in [2.05, 4.69) is 13.8 Å². The molecule has 0 fully saturated rings. The van der Waals surface area contributed by atoms with E-state index in [0.717, 1.165) is 36.5 Å². The van der Waals surface area contributed by atoms with Gasteiger partial charge in [0, 0.05) is 6.42 Å². The van der Waals surface area contributed by atoms with Crippen LogP contribution in [0.3, 0.4) is 0 Å². The number of hydrogen-bond acceptors (Lipinski definition) is 2. The van der Waals surface area contributed by atoms with E-state index in [1.807, 2.05) is 18.2 Å². The van der Waals surface area contributed by atoms with Crippen LogP contribution in [0.4, 0.5) is 0 Å². The fraction of sp³-hybridized carbons (Fsp3) is 0.571. The molecule has 0 bridgehead atoms. The molecule has 17 heavy (non-hydrogen) atoms. The lowest BCUT2D eigenvalue weighted by molar-refractivity contribution is 0.297. The van der Waals surface area contributed by atoms with Crippen LogP contribution in [-0.2, 0) is 0 Å². The summed E-state index contributed by atoms with van der Waals surface area (Å²) in [5.41, 5.74) is 1.12. The molecule has 1 aromatic rings. The summed E-state index contributed by atoms with van der Waals surface area (Å²) < 4.78 is 11.3. The first-order valence-corrected chi connectivity index (χ1v) is 6.69. The van der Waals surface area contributed by atoms with E-state index in [1.54, 1.807) is 0 Å². The summed E-state index contributed by atoms with van der Waals surface area (Å²) in [5, 5.41) is 0.0390. The van der Waals surface area contributed by atoms with E-state index in [-0.39, 0.29) is 5.38 Å². The van der Waals surface area contributed by atoms with Gasteiger partial charge in [-0.15, -0.1) is 11.6 Å². The number of ether oxygens (including phenoxy) is 2. The van der Waals surface area contributed by atoms with Crippen molar-refractivity contribution in [3.8, 4) is 11.5 Å². The van der Waals surface area contributed by atoms with Crippen LogP contribution in [0.5, 0.6) is 11.5 Å². The molecule has 0 N–H and O–H groups in total. The number of hydrogen-bond donors (Lipinski definition) is 0. The van der Waals surface area contributed by atoms with Crippen LogP contribution in [-0.4, -0.2) is 13.2 Å². The lowest BCUT2D eigenvalue weighted by Crippen LogP contribution is -2.03. The SMILES string of the molecule is CCC(C)C(Cl)c1ccc2c(c1)OCCCO2. The van der Waals surface area contributed by atoms with Crippen molar-refractivity contribution in [2.75, 3.05) is 13.2 Å². The molecule has 0 radical (unpaired) electrons. The minimum Gasteiger partial charge on any atom is -0.490 e. The molecule has 0 spiro atoms. The summed E-state index contributed by atoms with van der Waals surface area (Å²) in [6.07, 6.45) is 2.00. The standard InChI is InChI=1S/C14H19ClO2/c1-3-10(2)14(15)11-5-6-12-13(9-11)17-8-4-7-16-12/h5-6,9-10,14H,3-4,7-8H2,1-2H3. The van der Waals surface area contributed by atoms with Crippen molar-refractivity contribution in [3.05, 3.63) is 23.8 Å². The first-order chi connectivity index (χ1) is 8.22. The van der Waals surface area contributed by atoms with Gasteiger partial charge in [-0.05, 0) is 23.6 Å². The van der Waals surface area contributed by atoms with Gasteiger partial charge >= 0.3 is 0 Å². The highest BCUT2D eigenvalue weighted by Crippen LogP contribution is 2.37. The average molecular weight is 255 g/mol. The molecule has 94 valence electrons. The number of rotatable bonds is 3. The highest BCUT2D eigenvalue weighted by molar-refractivity contribution is 6.21. The molecule has 2 unspecified atom stereocenters. The molecule has 2 rings (SSSR count). The molecule has 0 amide bonds. The third-order valence-corrected chi connectivity index (χ3v) is 3.92. The summed E-state index contributed by atoms with van der Waals surface area (Å²) in [6, 6.07) is 6.02. The Morgan fingerprint density at radius 3 is 2.65 bits per heavy atom. The lowest BCUT2D eigenvalue weighted by atomic mass is 9.98. The zero-order chi connectivity index (χ0) is 12.3. The number of alkyl halides is 1. The summed E-state index contributed by atoms with van der Waals surface area (Å²) >= 11 is 6.44. The van der Waals surface area contributed by atoms with Gasteiger partial charge in [0.15, 0.2) is 11.5 Å². The number of halogens is 1. The van der Waals surface area contributed by atoms with Crippen molar-refractivity contribution in [2.24, 2.45) is 5.92 Å². The van der Waals surface area contributed by atoms with Crippen molar-refractivity contribution < 1.29 is 9.47 Å². The van der Waals surface area contributed by atoms with E-state index in [9.17, 15) is 0 Å². The van der Waals surface area contributed by atoms with E-state index in [4.69, 9.17) is 21.1 Å². The monoisotopic (exact) mass is 254 g/mol. The smallest absolute Gasteiger partial charge is 0.161 e. The molecule has 1 aliphatic rings. The van der Waals surface area contributed by atoms with Gasteiger partial charge in [-0.3, -0.25) is 0 Å². The van der Waals surface area contributed by atoms with Gasteiger partial charge in [-0.2, -0.15) is 0 Å². The highest BCUT2D eigenvalue weighted by Gasteiger charge is 2.18. The van der Waals surface area contributed by atoms with Crippen LogP contribution in [0.25, 0.3) is 0 Å². The third kappa shape index (κ3) is 2.86. The molecule has 1 aliphatic heterocycles. The average Bonchev–Trinajstić information content (AvgIpc) is 2.61. The molecule has 0 saturated heterocycles. The first-order valence-electron chi connectivity index (χ1n) is 6.26. The van der Waals surface area contributed by atoms with E-state index < -0.39 is 0 Å². The normalized spacial score (nSPS) is 18.3. The Morgan fingerprint density at radius 1 is 1.24 bits per heavy atom. The van der Waals surface area contributed by atoms with Crippen molar-refractivity contribution in [3.63, 3.8) is 0 Å². The van der Waals surface area contributed by atoms with Gasteiger partial charge in [0.2, 0.25) is 0 Å². The van der Waals surface area contributed by atoms with Gasteiger partial charge < -0.3 is 9.47 Å². The zero-order valence-corrected chi connectivity index (χ0v) is 11.2. The quantitative estimate of drug-likeness (QED) is 0.754. The summed E-state index contributed by atoms with van der Waals surface area (Å²) in [7, 11) is 0. The maximum atomic E-state index is 6.44. The predicted octanol–water partition coefficient (Wildman–Crippen LogP) is 4.17. The molecule has 2 nitrogen and oxygen atoms in total. The first kappa shape index (κ1) is 12.6. The second kappa shape index (κ2) is 5.63. The Bertz CT molecular complexity index is 378. The molecular weight excluding hydrogens is 236 g/mol. The second-order valence-corrected chi connectivity index (χ2v) is 5.01. The lowest BCUT2D eigenvalue weighted by Gasteiger charge is -2.18. The minimum atomic E-state index is 0.0390. The van der Waals surface area contributed by atoms with E-state index >= 15 is 0 Å². The predicted molar refractivity (Wildman–Crippen MR) is 70.1 cm³/mol. The molecule has 0 aliphatic carbocycles. The molecule has 0 aromatic heterocycles. The summed E-state index contributed by atoms with van der Waals surface area (Å²) in [4.78, 5) is 0. The van der Waals surface area contributed by atoms with Crippen LogP contribution in [0.1, 0.15) is 37.6 Å². The van der Waals surface area contributed by atoms with Gasteiger partial charge in [-0.1, -0.05) is 26.3 Å². The van der Waals surface area contributed by atoms with Crippen molar-refractivity contribution in [1.29, 1.82) is 0 Å². The summed E-state index contributed by atoms with van der Waals surface area (Å²) in [5.74, 6) is 2.12. The van der Waals surface area contributed by atoms with Crippen molar-refractivity contribution in [2.45, 2.75) is 32.1 Å². The van der Waals surface area contributed by atoms with E-state index in [0.29, 0.717) is 12.5 Å². The fourth-order valence-corrected chi connectivity index (χ4v) is 2.20. The number of fused-ring (bicyclic) bond motifs is 1. The van der Waals surface area contributed by atoms with Crippen LogP contribution in [0.2, 0.25) is 0 Å². The van der Waals surface area contributed by atoms with Crippen molar-refractivity contribution >= 4 is 11.6 Å². The van der Waals surface area contributed by atoms with E-state index in [1.165, 1.54) is 0 Å². The van der Waals surface area contributed by atoms with Crippen molar-refractivity contribution in [1.82, 2.24) is 0 Å². The maximum absolute atomic E-state index is 6.44. The highest BCUT2D eigenvalue weighted by atomic mass is 35.5. The van der Waals surface area contributed by atoms with Crippen LogP contribution < -0.4 is 9.47 Å². The van der Waals surface area contributed by atoms with Crippen LogP contribution in [0, 0.1) is 5.92 Å². The second-order valence-electron chi connectivity index (χ2n) is 4.54. The Kier molecular flexibility index (Phi) is 4.16. The van der Waals surface area contributed by atoms with Crippen LogP contribution >= 0.6 is 11.6 Å². The third-order valence-electron chi connectivity index (χ3n) is 3.23. The number of benzene rings is 1. The Hall–Kier alpha value is -0.890. The minimum absolute atomic E-state index is 0.0390. The molecule has 2 atom stereocenters. The largest absolute Gasteiger partial charge is 0.490 e. The molecular formula is C14H19ClO2. The molecule has 1 heterocycles. The van der Waals surface area contributed by atoms with Gasteiger partial charge in [-0.25, -0.2) is 0 Å². The fourth-order valence-electron chi connectivity index (χ4n) is 1.89. The molecule has 1 aromatic carbocycles.